The van der Waals surface area contributed by atoms with Gasteiger partial charge in [-0.05, 0) is 17.5 Å². The molecule has 0 aliphatic carbocycles. The third kappa shape index (κ3) is 7.01. The molecule has 1 saturated heterocycles. The Bertz CT molecular complexity index is 1020. The van der Waals surface area contributed by atoms with E-state index in [0.29, 0.717) is 12.8 Å². The summed E-state index contributed by atoms with van der Waals surface area (Å²) in [6.45, 7) is 3.64. The van der Waals surface area contributed by atoms with Crippen LogP contribution in [-0.2, 0) is 36.8 Å². The molecule has 0 saturated carbocycles. The smallest absolute Gasteiger partial charge is 0.329 e. The largest absolute Gasteiger partial charge is 0.460 e. The first-order chi connectivity index (χ1) is 16.8. The zero-order valence-electron chi connectivity index (χ0n) is 20.6. The topological polar surface area (TPSA) is 92.8 Å². The molecule has 0 unspecified atom stereocenters. The maximum absolute atomic E-state index is 13.6. The van der Waals surface area contributed by atoms with Crippen LogP contribution in [0.1, 0.15) is 44.2 Å². The zero-order chi connectivity index (χ0) is 25.4. The van der Waals surface area contributed by atoms with Crippen LogP contribution in [0.3, 0.4) is 0 Å². The number of ketones is 1. The molecule has 0 spiro atoms. The van der Waals surface area contributed by atoms with Crippen molar-refractivity contribution in [3.63, 3.8) is 0 Å². The molecule has 7 nitrogen and oxygen atoms in total. The van der Waals surface area contributed by atoms with Gasteiger partial charge >= 0.3 is 5.97 Å². The number of hydrogen-bond acceptors (Lipinski definition) is 5. The number of carbonyl (C=O) groups is 4. The Morgan fingerprint density at radius 3 is 2.06 bits per heavy atom. The molecular formula is C28H34N2O5. The number of benzene rings is 2. The lowest BCUT2D eigenvalue weighted by Crippen LogP contribution is -2.55. The van der Waals surface area contributed by atoms with Gasteiger partial charge in [-0.25, -0.2) is 4.79 Å². The van der Waals surface area contributed by atoms with Crippen molar-refractivity contribution in [3.8, 4) is 0 Å². The van der Waals surface area contributed by atoms with Crippen molar-refractivity contribution in [2.24, 2.45) is 5.92 Å². The fraction of sp³-hybridized carbons (Fsp3) is 0.429. The Hall–Kier alpha value is -3.48. The molecule has 0 radical (unpaired) electrons. The van der Waals surface area contributed by atoms with Crippen LogP contribution in [-0.4, -0.2) is 53.7 Å². The summed E-state index contributed by atoms with van der Waals surface area (Å²) in [6, 6.07) is 16.9. The normalized spacial score (nSPS) is 24.3. The van der Waals surface area contributed by atoms with Gasteiger partial charge in [0.15, 0.2) is 0 Å². The van der Waals surface area contributed by atoms with Gasteiger partial charge in [0.2, 0.25) is 11.8 Å². The van der Waals surface area contributed by atoms with Crippen LogP contribution < -0.4 is 5.32 Å². The van der Waals surface area contributed by atoms with E-state index in [1.165, 1.54) is 4.90 Å². The van der Waals surface area contributed by atoms with Gasteiger partial charge in [0.25, 0.3) is 0 Å². The van der Waals surface area contributed by atoms with Gasteiger partial charge < -0.3 is 15.0 Å². The van der Waals surface area contributed by atoms with Gasteiger partial charge in [-0.1, -0.05) is 80.9 Å². The summed E-state index contributed by atoms with van der Waals surface area (Å²) in [5.41, 5.74) is 1.73. The van der Waals surface area contributed by atoms with Crippen molar-refractivity contribution in [2.75, 3.05) is 7.05 Å². The lowest BCUT2D eigenvalue weighted by atomic mass is 9.93. The van der Waals surface area contributed by atoms with E-state index in [9.17, 15) is 19.2 Å². The van der Waals surface area contributed by atoms with E-state index in [1.807, 2.05) is 67.6 Å². The van der Waals surface area contributed by atoms with Crippen LogP contribution in [0.2, 0.25) is 0 Å². The first-order valence-corrected chi connectivity index (χ1v) is 12.2. The maximum atomic E-state index is 13.6. The first-order valence-electron chi connectivity index (χ1n) is 12.2. The fourth-order valence-electron chi connectivity index (χ4n) is 4.36. The van der Waals surface area contributed by atoms with Crippen molar-refractivity contribution in [1.29, 1.82) is 0 Å². The van der Waals surface area contributed by atoms with Crippen molar-refractivity contribution >= 4 is 23.6 Å². The third-order valence-electron chi connectivity index (χ3n) is 6.52. The van der Waals surface area contributed by atoms with E-state index in [2.05, 4.69) is 5.32 Å². The minimum atomic E-state index is -0.921. The van der Waals surface area contributed by atoms with Gasteiger partial charge in [-0.15, -0.1) is 0 Å². The summed E-state index contributed by atoms with van der Waals surface area (Å²) in [5.74, 6) is -2.41. The second-order valence-corrected chi connectivity index (χ2v) is 9.16. The Morgan fingerprint density at radius 1 is 0.914 bits per heavy atom. The predicted molar refractivity (Wildman–Crippen MR) is 132 cm³/mol. The van der Waals surface area contributed by atoms with Crippen LogP contribution in [0.25, 0.3) is 0 Å². The van der Waals surface area contributed by atoms with Crippen molar-refractivity contribution in [3.05, 3.63) is 71.8 Å². The summed E-state index contributed by atoms with van der Waals surface area (Å²) in [5, 5.41) is 2.76. The molecule has 0 bridgehead atoms. The minimum Gasteiger partial charge on any atom is -0.460 e. The highest BCUT2D eigenvalue weighted by Gasteiger charge is 2.37. The molecule has 186 valence electrons. The number of likely N-dealkylation sites (N-methyl/N-ethyl adjacent to an activating group) is 1. The molecule has 1 N–H and O–H groups in total. The number of ether oxygens (including phenoxy) is 1. The van der Waals surface area contributed by atoms with Crippen LogP contribution in [0.5, 0.6) is 0 Å². The number of carbonyl (C=O) groups excluding carboxylic acids is 4. The Labute approximate surface area is 206 Å². The summed E-state index contributed by atoms with van der Waals surface area (Å²) in [7, 11) is 1.57. The zero-order valence-corrected chi connectivity index (χ0v) is 20.6. The highest BCUT2D eigenvalue weighted by atomic mass is 16.5. The number of amides is 2. The highest BCUT2D eigenvalue weighted by Crippen LogP contribution is 2.21. The number of hydrogen-bond donors (Lipinski definition) is 1. The summed E-state index contributed by atoms with van der Waals surface area (Å²) in [6.07, 6.45) is 0.676. The molecule has 2 amide bonds. The van der Waals surface area contributed by atoms with Crippen molar-refractivity contribution < 1.29 is 23.9 Å². The summed E-state index contributed by atoms with van der Waals surface area (Å²) < 4.78 is 5.85. The summed E-state index contributed by atoms with van der Waals surface area (Å²) in [4.78, 5) is 54.1. The highest BCUT2D eigenvalue weighted by molar-refractivity contribution is 6.01. The van der Waals surface area contributed by atoms with Crippen LogP contribution in [0.15, 0.2) is 60.7 Å². The standard InChI is InChI=1S/C28H34N2O5/c1-4-11-25-19(2)24(31)18-26(32)29-22(16-20-12-7-5-8-13-20)27(33)30(3)23(28(34)35-25)17-21-14-9-6-10-15-21/h5-10,12-15,19,22-23,25H,4,11,16-18H2,1-3H3,(H,29,32)/t19-,22-,23+,25+/m1/s1. The van der Waals surface area contributed by atoms with Crippen molar-refractivity contribution in [2.45, 2.75) is 64.1 Å². The van der Waals surface area contributed by atoms with Crippen LogP contribution >= 0.6 is 0 Å². The maximum Gasteiger partial charge on any atom is 0.329 e. The van der Waals surface area contributed by atoms with E-state index in [-0.39, 0.29) is 25.0 Å². The molecule has 1 aliphatic rings. The van der Waals surface area contributed by atoms with E-state index < -0.39 is 41.9 Å². The average Bonchev–Trinajstić information content (AvgIpc) is 2.86. The number of nitrogens with one attached hydrogen (secondary N) is 1. The Morgan fingerprint density at radius 2 is 1.49 bits per heavy atom. The van der Waals surface area contributed by atoms with Gasteiger partial charge in [0, 0.05) is 19.9 Å². The van der Waals surface area contributed by atoms with E-state index >= 15 is 0 Å². The number of cyclic esters (lactones) is 1. The molecule has 1 fully saturated rings. The van der Waals surface area contributed by atoms with Gasteiger partial charge in [0.05, 0.1) is 12.3 Å². The van der Waals surface area contributed by atoms with Gasteiger partial charge in [-0.3, -0.25) is 14.4 Å². The predicted octanol–water partition coefficient (Wildman–Crippen LogP) is 3.10. The SMILES string of the molecule is CCC[C@@H]1OC(=O)[C@H](Cc2ccccc2)N(C)C(=O)[C@@H](Cc2ccccc2)NC(=O)CC(=O)[C@H]1C. The number of nitrogens with zero attached hydrogens (tertiary/aromatic N) is 1. The molecule has 35 heavy (non-hydrogen) atoms. The molecule has 7 heteroatoms. The second-order valence-electron chi connectivity index (χ2n) is 9.16. The molecule has 2 aromatic rings. The lowest BCUT2D eigenvalue weighted by molar-refractivity contribution is -0.163. The lowest BCUT2D eigenvalue weighted by Gasteiger charge is -2.33. The molecule has 1 aliphatic heterocycles. The van der Waals surface area contributed by atoms with E-state index in [0.717, 1.165) is 11.1 Å². The number of esters is 1. The molecular weight excluding hydrogens is 444 g/mol. The van der Waals surface area contributed by atoms with Gasteiger partial charge in [0.1, 0.15) is 24.0 Å². The van der Waals surface area contributed by atoms with Gasteiger partial charge in [-0.2, -0.15) is 0 Å². The quantitative estimate of drug-likeness (QED) is 0.509. The minimum absolute atomic E-state index is 0.241. The first kappa shape index (κ1) is 26.1. The molecule has 2 aromatic carbocycles. The molecule has 3 rings (SSSR count). The Balaban J connectivity index is 1.98. The van der Waals surface area contributed by atoms with Crippen LogP contribution in [0.4, 0.5) is 0 Å². The van der Waals surface area contributed by atoms with Crippen molar-refractivity contribution in [1.82, 2.24) is 10.2 Å². The van der Waals surface area contributed by atoms with E-state index in [4.69, 9.17) is 4.74 Å². The molecule has 4 atom stereocenters. The molecule has 0 aromatic heterocycles. The molecule has 1 heterocycles. The summed E-state index contributed by atoms with van der Waals surface area (Å²) >= 11 is 0. The van der Waals surface area contributed by atoms with Crippen LogP contribution in [0, 0.1) is 5.92 Å². The Kier molecular flexibility index (Phi) is 9.18. The van der Waals surface area contributed by atoms with E-state index in [1.54, 1.807) is 14.0 Å². The average molecular weight is 479 g/mol. The monoisotopic (exact) mass is 478 g/mol. The number of rotatable bonds is 6. The second kappa shape index (κ2) is 12.3. The fourth-order valence-corrected chi connectivity index (χ4v) is 4.36. The third-order valence-corrected chi connectivity index (χ3v) is 6.52. The number of Topliss-reactive ketones (excluding diaryl/α,β-unsaturated/α-hetero) is 1.